The van der Waals surface area contributed by atoms with Crippen LogP contribution in [0.1, 0.15) is 57.4 Å². The van der Waals surface area contributed by atoms with E-state index in [-0.39, 0.29) is 36.0 Å². The molecule has 2 aromatic carbocycles. The van der Waals surface area contributed by atoms with Gasteiger partial charge in [-0.3, -0.25) is 9.59 Å². The first-order valence-corrected chi connectivity index (χ1v) is 11.2. The number of nitrogens with zero attached hydrogens (tertiary/aromatic N) is 1. The molecule has 1 amide bonds. The van der Waals surface area contributed by atoms with Crippen LogP contribution in [0.25, 0.3) is 5.76 Å². The molecule has 6 nitrogen and oxygen atoms in total. The summed E-state index contributed by atoms with van der Waals surface area (Å²) in [6.07, 6.45) is -0.0386. The van der Waals surface area contributed by atoms with Gasteiger partial charge in [-0.1, -0.05) is 57.2 Å². The Morgan fingerprint density at radius 3 is 2.33 bits per heavy atom. The van der Waals surface area contributed by atoms with Gasteiger partial charge in [-0.2, -0.15) is 0 Å². The highest BCUT2D eigenvalue weighted by Gasteiger charge is 2.45. The average molecular weight is 452 g/mol. The van der Waals surface area contributed by atoms with Crippen molar-refractivity contribution in [1.82, 2.24) is 4.90 Å². The van der Waals surface area contributed by atoms with Crippen LogP contribution in [0, 0.1) is 0 Å². The number of hydrogen-bond acceptors (Lipinski definition) is 5. The van der Waals surface area contributed by atoms with Crippen LogP contribution in [0.15, 0.2) is 54.1 Å². The van der Waals surface area contributed by atoms with Gasteiger partial charge in [-0.05, 0) is 42.5 Å². The van der Waals surface area contributed by atoms with Crippen molar-refractivity contribution < 1.29 is 24.2 Å². The van der Waals surface area contributed by atoms with Crippen LogP contribution in [0.4, 0.5) is 0 Å². The maximum Gasteiger partial charge on any atom is 0.295 e. The quantitative estimate of drug-likeness (QED) is 0.370. The average Bonchev–Trinajstić information content (AvgIpc) is 3.01. The fourth-order valence-corrected chi connectivity index (χ4v) is 3.96. The van der Waals surface area contributed by atoms with Crippen LogP contribution in [-0.2, 0) is 19.7 Å². The predicted octanol–water partition coefficient (Wildman–Crippen LogP) is 4.84. The molecule has 1 heterocycles. The summed E-state index contributed by atoms with van der Waals surface area (Å²) in [6, 6.07) is 14.1. The number of aliphatic hydroxyl groups excluding tert-OH is 1. The van der Waals surface area contributed by atoms with Crippen molar-refractivity contribution in [2.24, 2.45) is 0 Å². The molecule has 2 aromatic rings. The summed E-state index contributed by atoms with van der Waals surface area (Å²) < 4.78 is 10.9. The van der Waals surface area contributed by atoms with E-state index in [4.69, 9.17) is 9.47 Å². The standard InChI is InChI=1S/C27H33NO5/c1-17(2)33-21-9-7-8-19(16-21)24(29)22-23(28(14-15-32-6)26(31)25(22)30)18-10-12-20(13-11-18)27(3,4)5/h7-13,16-17,23,29H,14-15H2,1-6H3/b24-22-. The van der Waals surface area contributed by atoms with Gasteiger partial charge in [0.1, 0.15) is 11.5 Å². The maximum absolute atomic E-state index is 13.1. The van der Waals surface area contributed by atoms with Crippen LogP contribution < -0.4 is 4.74 Å². The molecule has 1 fully saturated rings. The van der Waals surface area contributed by atoms with Gasteiger partial charge in [-0.15, -0.1) is 0 Å². The monoisotopic (exact) mass is 451 g/mol. The Hall–Kier alpha value is -3.12. The normalized spacial score (nSPS) is 18.3. The molecule has 1 aliphatic heterocycles. The van der Waals surface area contributed by atoms with E-state index in [0.717, 1.165) is 11.1 Å². The van der Waals surface area contributed by atoms with Crippen LogP contribution in [0.5, 0.6) is 5.75 Å². The number of benzene rings is 2. The number of methoxy groups -OCH3 is 1. The molecule has 6 heteroatoms. The number of rotatable bonds is 7. The predicted molar refractivity (Wildman–Crippen MR) is 128 cm³/mol. The van der Waals surface area contributed by atoms with E-state index in [1.807, 2.05) is 38.1 Å². The first-order valence-electron chi connectivity index (χ1n) is 11.2. The Kier molecular flexibility index (Phi) is 7.28. The van der Waals surface area contributed by atoms with Gasteiger partial charge in [-0.25, -0.2) is 0 Å². The molecule has 0 saturated carbocycles. The van der Waals surface area contributed by atoms with Gasteiger partial charge in [0.05, 0.1) is 24.3 Å². The van der Waals surface area contributed by atoms with E-state index in [0.29, 0.717) is 11.3 Å². The summed E-state index contributed by atoms with van der Waals surface area (Å²) in [5.41, 5.74) is 2.36. The zero-order valence-corrected chi connectivity index (χ0v) is 20.2. The molecular weight excluding hydrogens is 418 g/mol. The van der Waals surface area contributed by atoms with Gasteiger partial charge >= 0.3 is 0 Å². The second-order valence-corrected chi connectivity index (χ2v) is 9.55. The summed E-state index contributed by atoms with van der Waals surface area (Å²) in [5, 5.41) is 11.2. The van der Waals surface area contributed by atoms with E-state index in [2.05, 4.69) is 20.8 Å². The molecule has 1 N–H and O–H groups in total. The maximum atomic E-state index is 13.1. The molecule has 176 valence electrons. The molecule has 0 spiro atoms. The number of ketones is 1. The molecule has 1 atom stereocenters. The number of aliphatic hydroxyl groups is 1. The lowest BCUT2D eigenvalue weighted by atomic mass is 9.85. The molecule has 0 radical (unpaired) electrons. The van der Waals surface area contributed by atoms with Crippen LogP contribution in [0.2, 0.25) is 0 Å². The Morgan fingerprint density at radius 2 is 1.76 bits per heavy atom. The fourth-order valence-electron chi connectivity index (χ4n) is 3.96. The zero-order valence-electron chi connectivity index (χ0n) is 20.2. The highest BCUT2D eigenvalue weighted by Crippen LogP contribution is 2.40. The molecule has 0 aromatic heterocycles. The van der Waals surface area contributed by atoms with Crippen molar-refractivity contribution in [1.29, 1.82) is 0 Å². The number of carbonyl (C=O) groups is 2. The number of Topliss-reactive ketones (excluding diaryl/α,β-unsaturated/α-hetero) is 1. The molecule has 3 rings (SSSR count). The van der Waals surface area contributed by atoms with Crippen LogP contribution in [-0.4, -0.2) is 48.1 Å². The highest BCUT2D eigenvalue weighted by atomic mass is 16.5. The minimum atomic E-state index is -0.705. The third-order valence-corrected chi connectivity index (χ3v) is 5.65. The third kappa shape index (κ3) is 5.28. The fraction of sp³-hybridized carbons (Fsp3) is 0.407. The topological polar surface area (TPSA) is 76.1 Å². The van der Waals surface area contributed by atoms with Gasteiger partial charge in [0.15, 0.2) is 0 Å². The van der Waals surface area contributed by atoms with Crippen molar-refractivity contribution in [2.45, 2.75) is 52.2 Å². The molecule has 0 aliphatic carbocycles. The molecular formula is C27H33NO5. The van der Waals surface area contributed by atoms with Gasteiger partial charge in [0.2, 0.25) is 0 Å². The Bertz CT molecular complexity index is 1050. The van der Waals surface area contributed by atoms with Crippen LogP contribution in [0.3, 0.4) is 0 Å². The van der Waals surface area contributed by atoms with Crippen molar-refractivity contribution in [3.8, 4) is 5.75 Å². The Balaban J connectivity index is 2.12. The van der Waals surface area contributed by atoms with E-state index in [9.17, 15) is 14.7 Å². The minimum Gasteiger partial charge on any atom is -0.507 e. The number of ether oxygens (including phenoxy) is 2. The zero-order chi connectivity index (χ0) is 24.3. The first-order chi connectivity index (χ1) is 15.5. The van der Waals surface area contributed by atoms with E-state index >= 15 is 0 Å². The Labute approximate surface area is 195 Å². The SMILES string of the molecule is COCCN1C(=O)C(=O)/C(=C(\O)c2cccc(OC(C)C)c2)C1c1ccc(C(C)(C)C)cc1. The number of hydrogen-bond donors (Lipinski definition) is 1. The molecule has 33 heavy (non-hydrogen) atoms. The van der Waals surface area contributed by atoms with E-state index in [1.165, 1.54) is 4.90 Å². The Morgan fingerprint density at radius 1 is 1.09 bits per heavy atom. The molecule has 1 unspecified atom stereocenters. The lowest BCUT2D eigenvalue weighted by molar-refractivity contribution is -0.140. The van der Waals surface area contributed by atoms with E-state index < -0.39 is 17.7 Å². The van der Waals surface area contributed by atoms with Crippen molar-refractivity contribution >= 4 is 17.4 Å². The summed E-state index contributed by atoms with van der Waals surface area (Å²) in [6.45, 7) is 10.7. The van der Waals surface area contributed by atoms with Gasteiger partial charge in [0, 0.05) is 19.2 Å². The summed E-state index contributed by atoms with van der Waals surface area (Å²) in [5.74, 6) is -0.988. The number of likely N-dealkylation sites (tertiary alicyclic amines) is 1. The third-order valence-electron chi connectivity index (χ3n) is 5.65. The summed E-state index contributed by atoms with van der Waals surface area (Å²) in [4.78, 5) is 27.5. The largest absolute Gasteiger partial charge is 0.507 e. The number of carbonyl (C=O) groups excluding carboxylic acids is 2. The second kappa shape index (κ2) is 9.79. The van der Waals surface area contributed by atoms with E-state index in [1.54, 1.807) is 31.4 Å². The lowest BCUT2D eigenvalue weighted by Crippen LogP contribution is -2.32. The summed E-state index contributed by atoms with van der Waals surface area (Å²) in [7, 11) is 1.55. The van der Waals surface area contributed by atoms with Crippen LogP contribution >= 0.6 is 0 Å². The molecule has 0 bridgehead atoms. The molecule has 1 saturated heterocycles. The minimum absolute atomic E-state index is 0.0345. The molecule has 1 aliphatic rings. The van der Waals surface area contributed by atoms with Crippen molar-refractivity contribution in [3.63, 3.8) is 0 Å². The summed E-state index contributed by atoms with van der Waals surface area (Å²) >= 11 is 0. The second-order valence-electron chi connectivity index (χ2n) is 9.55. The van der Waals surface area contributed by atoms with Gasteiger partial charge in [0.25, 0.3) is 11.7 Å². The lowest BCUT2D eigenvalue weighted by Gasteiger charge is -2.26. The van der Waals surface area contributed by atoms with Crippen molar-refractivity contribution in [2.75, 3.05) is 20.3 Å². The van der Waals surface area contributed by atoms with Gasteiger partial charge < -0.3 is 19.5 Å². The van der Waals surface area contributed by atoms with Crippen molar-refractivity contribution in [3.05, 3.63) is 70.8 Å². The smallest absolute Gasteiger partial charge is 0.295 e. The number of amides is 1. The first kappa shape index (κ1) is 24.5. The highest BCUT2D eigenvalue weighted by molar-refractivity contribution is 6.46.